The molecule has 4 aromatic rings. The van der Waals surface area contributed by atoms with Crippen molar-refractivity contribution in [2.45, 2.75) is 6.54 Å². The molecule has 2 aromatic heterocycles. The zero-order chi connectivity index (χ0) is 26.5. The number of piperazine rings is 1. The average molecular weight is 514 g/mol. The van der Waals surface area contributed by atoms with Crippen molar-refractivity contribution in [1.29, 1.82) is 0 Å². The Morgan fingerprint density at radius 3 is 2.47 bits per heavy atom. The Balaban J connectivity index is 1.25. The SMILES string of the molecule is COc1ccc(OC)c(-c2cc(C(=O)Nc3cc(N4CCN(Cc5ccccc5)CC4)ncn3)n(C)n2)c1. The van der Waals surface area contributed by atoms with E-state index in [0.29, 0.717) is 28.7 Å². The normalized spacial score (nSPS) is 13.8. The van der Waals surface area contributed by atoms with Crippen LogP contribution >= 0.6 is 0 Å². The highest BCUT2D eigenvalue weighted by molar-refractivity contribution is 6.03. The first-order valence-electron chi connectivity index (χ1n) is 12.4. The number of methoxy groups -OCH3 is 2. The van der Waals surface area contributed by atoms with Crippen LogP contribution in [0.1, 0.15) is 16.1 Å². The number of nitrogens with one attached hydrogen (secondary N) is 1. The Hall–Kier alpha value is -4.44. The topological polar surface area (TPSA) is 97.6 Å². The monoisotopic (exact) mass is 513 g/mol. The van der Waals surface area contributed by atoms with Crippen molar-refractivity contribution < 1.29 is 14.3 Å². The van der Waals surface area contributed by atoms with E-state index >= 15 is 0 Å². The Bertz CT molecular complexity index is 1400. The van der Waals surface area contributed by atoms with E-state index in [4.69, 9.17) is 9.47 Å². The van der Waals surface area contributed by atoms with Gasteiger partial charge in [0.1, 0.15) is 35.2 Å². The number of amides is 1. The number of ether oxygens (including phenoxy) is 2. The number of anilines is 2. The van der Waals surface area contributed by atoms with Crippen molar-refractivity contribution in [3.05, 3.63) is 78.2 Å². The van der Waals surface area contributed by atoms with Gasteiger partial charge in [-0.25, -0.2) is 9.97 Å². The molecular weight excluding hydrogens is 482 g/mol. The summed E-state index contributed by atoms with van der Waals surface area (Å²) in [6.45, 7) is 4.52. The van der Waals surface area contributed by atoms with Crippen LogP contribution in [0, 0.1) is 0 Å². The first kappa shape index (κ1) is 25.2. The van der Waals surface area contributed by atoms with Crippen LogP contribution in [0.25, 0.3) is 11.3 Å². The van der Waals surface area contributed by atoms with Gasteiger partial charge in [-0.1, -0.05) is 30.3 Å². The molecule has 1 aliphatic rings. The summed E-state index contributed by atoms with van der Waals surface area (Å²) >= 11 is 0. The van der Waals surface area contributed by atoms with Gasteiger partial charge in [-0.2, -0.15) is 5.10 Å². The Morgan fingerprint density at radius 1 is 0.947 bits per heavy atom. The summed E-state index contributed by atoms with van der Waals surface area (Å²) < 4.78 is 12.4. The van der Waals surface area contributed by atoms with Crippen molar-refractivity contribution in [1.82, 2.24) is 24.6 Å². The van der Waals surface area contributed by atoms with Crippen LogP contribution in [0.15, 0.2) is 67.0 Å². The Kier molecular flexibility index (Phi) is 7.50. The minimum absolute atomic E-state index is 0.314. The smallest absolute Gasteiger partial charge is 0.275 e. The molecule has 1 amide bonds. The van der Waals surface area contributed by atoms with Gasteiger partial charge >= 0.3 is 0 Å². The lowest BCUT2D eigenvalue weighted by molar-refractivity contribution is 0.101. The second-order valence-electron chi connectivity index (χ2n) is 9.07. The maximum Gasteiger partial charge on any atom is 0.275 e. The molecule has 0 bridgehead atoms. The van der Waals surface area contributed by atoms with Crippen molar-refractivity contribution in [2.75, 3.05) is 50.6 Å². The zero-order valence-electron chi connectivity index (χ0n) is 21.8. The second kappa shape index (κ2) is 11.3. The molecule has 1 fully saturated rings. The summed E-state index contributed by atoms with van der Waals surface area (Å²) in [5.41, 5.74) is 3.04. The van der Waals surface area contributed by atoms with Crippen molar-refractivity contribution in [3.8, 4) is 22.8 Å². The van der Waals surface area contributed by atoms with E-state index in [0.717, 1.165) is 44.1 Å². The molecule has 1 saturated heterocycles. The third-order valence-electron chi connectivity index (χ3n) is 6.63. The van der Waals surface area contributed by atoms with Crippen molar-refractivity contribution in [2.24, 2.45) is 7.05 Å². The number of hydrogen-bond acceptors (Lipinski definition) is 8. The minimum atomic E-state index is -0.314. The van der Waals surface area contributed by atoms with E-state index in [1.807, 2.05) is 30.3 Å². The number of carbonyl (C=O) groups excluding carboxylic acids is 1. The summed E-state index contributed by atoms with van der Waals surface area (Å²) in [6.07, 6.45) is 1.48. The highest BCUT2D eigenvalue weighted by Crippen LogP contribution is 2.33. The lowest BCUT2D eigenvalue weighted by atomic mass is 10.1. The number of rotatable bonds is 8. The highest BCUT2D eigenvalue weighted by atomic mass is 16.5. The predicted molar refractivity (Wildman–Crippen MR) is 146 cm³/mol. The molecule has 3 heterocycles. The molecule has 0 radical (unpaired) electrons. The maximum absolute atomic E-state index is 13.2. The first-order chi connectivity index (χ1) is 18.5. The van der Waals surface area contributed by atoms with E-state index in [1.54, 1.807) is 27.3 Å². The second-order valence-corrected chi connectivity index (χ2v) is 9.07. The quantitative estimate of drug-likeness (QED) is 0.383. The average Bonchev–Trinajstić information content (AvgIpc) is 3.35. The third kappa shape index (κ3) is 5.60. The van der Waals surface area contributed by atoms with Gasteiger partial charge in [0, 0.05) is 51.4 Å². The van der Waals surface area contributed by atoms with Crippen LogP contribution in [-0.4, -0.2) is 71.0 Å². The summed E-state index contributed by atoms with van der Waals surface area (Å²) in [5.74, 6) is 2.23. The summed E-state index contributed by atoms with van der Waals surface area (Å²) in [6, 6.07) is 19.5. The predicted octanol–water partition coefficient (Wildman–Crippen LogP) is 3.47. The van der Waals surface area contributed by atoms with E-state index in [1.165, 1.54) is 16.6 Å². The third-order valence-corrected chi connectivity index (χ3v) is 6.63. The molecule has 10 heteroatoms. The molecule has 1 N–H and O–H groups in total. The molecule has 2 aromatic carbocycles. The van der Waals surface area contributed by atoms with Crippen LogP contribution < -0.4 is 19.7 Å². The van der Waals surface area contributed by atoms with Gasteiger partial charge in [-0.3, -0.25) is 14.4 Å². The van der Waals surface area contributed by atoms with Gasteiger partial charge < -0.3 is 19.7 Å². The summed E-state index contributed by atoms with van der Waals surface area (Å²) in [7, 11) is 4.92. The van der Waals surface area contributed by atoms with E-state index in [2.05, 4.69) is 54.4 Å². The summed E-state index contributed by atoms with van der Waals surface area (Å²) in [5, 5.41) is 7.42. The van der Waals surface area contributed by atoms with E-state index in [9.17, 15) is 4.79 Å². The molecule has 38 heavy (non-hydrogen) atoms. The van der Waals surface area contributed by atoms with Crippen molar-refractivity contribution >= 4 is 17.5 Å². The Morgan fingerprint density at radius 2 is 1.74 bits per heavy atom. The fourth-order valence-corrected chi connectivity index (χ4v) is 4.57. The van der Waals surface area contributed by atoms with Gasteiger partial charge in [0.05, 0.1) is 19.9 Å². The molecule has 0 unspecified atom stereocenters. The fraction of sp³-hybridized carbons (Fsp3) is 0.286. The number of aromatic nitrogens is 4. The first-order valence-corrected chi connectivity index (χ1v) is 12.4. The van der Waals surface area contributed by atoms with Crippen LogP contribution in [0.5, 0.6) is 11.5 Å². The van der Waals surface area contributed by atoms with E-state index in [-0.39, 0.29) is 5.91 Å². The number of carbonyl (C=O) groups is 1. The standard InChI is InChI=1S/C28H31N7O3/c1-33-24(16-23(32-33)22-15-21(37-2)9-10-25(22)38-3)28(36)31-26-17-27(30-19-29-26)35-13-11-34(12-14-35)18-20-7-5-4-6-8-20/h4-10,15-17,19H,11-14,18H2,1-3H3,(H,29,30,31,36). The van der Waals surface area contributed by atoms with Crippen molar-refractivity contribution in [3.63, 3.8) is 0 Å². The maximum atomic E-state index is 13.2. The largest absolute Gasteiger partial charge is 0.497 e. The van der Waals surface area contributed by atoms with Gasteiger partial charge in [0.25, 0.3) is 5.91 Å². The zero-order valence-corrected chi connectivity index (χ0v) is 21.8. The molecule has 10 nitrogen and oxygen atoms in total. The Labute approximate surface area is 221 Å². The number of aryl methyl sites for hydroxylation is 1. The van der Waals surface area contributed by atoms with Gasteiger partial charge in [0.15, 0.2) is 0 Å². The molecule has 0 spiro atoms. The number of nitrogens with zero attached hydrogens (tertiary/aromatic N) is 6. The van der Waals surface area contributed by atoms with Gasteiger partial charge in [-0.05, 0) is 29.8 Å². The van der Waals surface area contributed by atoms with Crippen LogP contribution in [0.2, 0.25) is 0 Å². The molecular formula is C28H31N7O3. The van der Waals surface area contributed by atoms with E-state index < -0.39 is 0 Å². The molecule has 0 saturated carbocycles. The highest BCUT2D eigenvalue weighted by Gasteiger charge is 2.21. The lowest BCUT2D eigenvalue weighted by Crippen LogP contribution is -2.46. The van der Waals surface area contributed by atoms with Crippen LogP contribution in [0.4, 0.5) is 11.6 Å². The molecule has 1 aliphatic heterocycles. The molecule has 5 rings (SSSR count). The molecule has 0 atom stereocenters. The fourth-order valence-electron chi connectivity index (χ4n) is 4.57. The van der Waals surface area contributed by atoms with Gasteiger partial charge in [0.2, 0.25) is 0 Å². The molecule has 0 aliphatic carbocycles. The van der Waals surface area contributed by atoms with Gasteiger partial charge in [-0.15, -0.1) is 0 Å². The lowest BCUT2D eigenvalue weighted by Gasteiger charge is -2.35. The summed E-state index contributed by atoms with van der Waals surface area (Å²) in [4.78, 5) is 26.5. The van der Waals surface area contributed by atoms with Crippen LogP contribution in [0.3, 0.4) is 0 Å². The number of hydrogen-bond donors (Lipinski definition) is 1. The minimum Gasteiger partial charge on any atom is -0.497 e. The number of benzene rings is 2. The van der Waals surface area contributed by atoms with Crippen LogP contribution in [-0.2, 0) is 13.6 Å². The molecule has 196 valence electrons.